The molecular weight excluding hydrogens is 317 g/mol. The second-order valence-corrected chi connectivity index (χ2v) is 5.99. The number of aromatic nitrogens is 1. The molecule has 1 aromatic carbocycles. The standard InChI is InChI=1S/C18H21F3N2O/c1-14(13-24)10-23(11-15-5-3-2-4-6-15)12-16-7-8-17(22-9-16)18(19,20)21/h2-9,14,24H,10-13H2,1H3. The van der Waals surface area contributed by atoms with Gasteiger partial charge in [0.2, 0.25) is 0 Å². The van der Waals surface area contributed by atoms with Crippen LogP contribution >= 0.6 is 0 Å². The Bertz CT molecular complexity index is 614. The summed E-state index contributed by atoms with van der Waals surface area (Å²) in [6, 6.07) is 12.3. The Kier molecular flexibility index (Phi) is 6.34. The van der Waals surface area contributed by atoms with E-state index < -0.39 is 11.9 Å². The number of aliphatic hydroxyl groups is 1. The molecule has 0 amide bonds. The molecule has 0 fully saturated rings. The lowest BCUT2D eigenvalue weighted by Gasteiger charge is -2.25. The first-order valence-corrected chi connectivity index (χ1v) is 7.77. The van der Waals surface area contributed by atoms with Gasteiger partial charge in [-0.25, -0.2) is 0 Å². The van der Waals surface area contributed by atoms with Crippen molar-refractivity contribution >= 4 is 0 Å². The van der Waals surface area contributed by atoms with Crippen LogP contribution in [0.3, 0.4) is 0 Å². The van der Waals surface area contributed by atoms with Crippen LogP contribution in [0.5, 0.6) is 0 Å². The SMILES string of the molecule is CC(CO)CN(Cc1ccccc1)Cc1ccc(C(F)(F)F)nc1. The molecular formula is C18H21F3N2O. The average molecular weight is 338 g/mol. The van der Waals surface area contributed by atoms with E-state index in [0.29, 0.717) is 25.2 Å². The first kappa shape index (κ1) is 18.4. The summed E-state index contributed by atoms with van der Waals surface area (Å²) in [6.07, 6.45) is -3.15. The molecule has 6 heteroatoms. The van der Waals surface area contributed by atoms with Crippen molar-refractivity contribution in [3.8, 4) is 0 Å². The van der Waals surface area contributed by atoms with Crippen LogP contribution in [-0.4, -0.2) is 28.1 Å². The predicted molar refractivity (Wildman–Crippen MR) is 86.0 cm³/mol. The van der Waals surface area contributed by atoms with Crippen molar-refractivity contribution < 1.29 is 18.3 Å². The maximum atomic E-state index is 12.6. The van der Waals surface area contributed by atoms with Crippen LogP contribution in [-0.2, 0) is 19.3 Å². The largest absolute Gasteiger partial charge is 0.433 e. The van der Waals surface area contributed by atoms with Gasteiger partial charge in [-0.1, -0.05) is 43.3 Å². The highest BCUT2D eigenvalue weighted by atomic mass is 19.4. The molecule has 0 saturated carbocycles. The second-order valence-electron chi connectivity index (χ2n) is 5.99. The number of benzene rings is 1. The van der Waals surface area contributed by atoms with E-state index >= 15 is 0 Å². The van der Waals surface area contributed by atoms with Crippen molar-refractivity contribution in [2.75, 3.05) is 13.2 Å². The number of halogens is 3. The van der Waals surface area contributed by atoms with Crippen LogP contribution in [0.25, 0.3) is 0 Å². The van der Waals surface area contributed by atoms with Crippen molar-refractivity contribution in [1.29, 1.82) is 0 Å². The highest BCUT2D eigenvalue weighted by Crippen LogP contribution is 2.27. The van der Waals surface area contributed by atoms with Gasteiger partial charge in [-0.2, -0.15) is 13.2 Å². The molecule has 0 saturated heterocycles. The van der Waals surface area contributed by atoms with E-state index in [1.54, 1.807) is 0 Å². The molecule has 1 atom stereocenters. The van der Waals surface area contributed by atoms with Crippen molar-refractivity contribution in [3.63, 3.8) is 0 Å². The maximum absolute atomic E-state index is 12.6. The van der Waals surface area contributed by atoms with Crippen molar-refractivity contribution in [2.45, 2.75) is 26.2 Å². The third kappa shape index (κ3) is 5.62. The quantitative estimate of drug-likeness (QED) is 0.836. The summed E-state index contributed by atoms with van der Waals surface area (Å²) < 4.78 is 37.8. The summed E-state index contributed by atoms with van der Waals surface area (Å²) in [5.41, 5.74) is 0.941. The number of alkyl halides is 3. The minimum absolute atomic E-state index is 0.0660. The summed E-state index contributed by atoms with van der Waals surface area (Å²) in [4.78, 5) is 5.61. The summed E-state index contributed by atoms with van der Waals surface area (Å²) in [5, 5.41) is 9.28. The summed E-state index contributed by atoms with van der Waals surface area (Å²) in [7, 11) is 0. The second kappa shape index (κ2) is 8.26. The highest BCUT2D eigenvalue weighted by molar-refractivity contribution is 5.17. The normalized spacial score (nSPS) is 13.2. The Balaban J connectivity index is 2.09. The molecule has 0 aliphatic carbocycles. The first-order valence-electron chi connectivity index (χ1n) is 7.77. The van der Waals surface area contributed by atoms with Gasteiger partial charge in [-0.15, -0.1) is 0 Å². The number of hydrogen-bond donors (Lipinski definition) is 1. The third-order valence-electron chi connectivity index (χ3n) is 3.65. The molecule has 0 bridgehead atoms. The molecule has 3 nitrogen and oxygen atoms in total. The van der Waals surface area contributed by atoms with Crippen LogP contribution < -0.4 is 0 Å². The van der Waals surface area contributed by atoms with Crippen molar-refractivity contribution in [2.24, 2.45) is 5.92 Å². The topological polar surface area (TPSA) is 36.4 Å². The van der Waals surface area contributed by atoms with Crippen LogP contribution in [0.1, 0.15) is 23.7 Å². The lowest BCUT2D eigenvalue weighted by molar-refractivity contribution is -0.141. The van der Waals surface area contributed by atoms with Gasteiger partial charge in [0.1, 0.15) is 5.69 Å². The molecule has 1 N–H and O–H groups in total. The van der Waals surface area contributed by atoms with Gasteiger partial charge < -0.3 is 5.11 Å². The van der Waals surface area contributed by atoms with E-state index in [4.69, 9.17) is 0 Å². The predicted octanol–water partition coefficient (Wildman–Crippen LogP) is 3.73. The number of aliphatic hydroxyl groups excluding tert-OH is 1. The summed E-state index contributed by atoms with van der Waals surface area (Å²) in [5.74, 6) is 0.0797. The Morgan fingerprint density at radius 3 is 2.25 bits per heavy atom. The fraction of sp³-hybridized carbons (Fsp3) is 0.389. The van der Waals surface area contributed by atoms with Crippen molar-refractivity contribution in [3.05, 3.63) is 65.5 Å². The molecule has 1 unspecified atom stereocenters. The van der Waals surface area contributed by atoms with E-state index in [2.05, 4.69) is 9.88 Å². The zero-order valence-electron chi connectivity index (χ0n) is 13.5. The van der Waals surface area contributed by atoms with Gasteiger partial charge in [-0.3, -0.25) is 9.88 Å². The third-order valence-corrected chi connectivity index (χ3v) is 3.65. The van der Waals surface area contributed by atoms with E-state index in [-0.39, 0.29) is 12.5 Å². The Labute approximate surface area is 139 Å². The monoisotopic (exact) mass is 338 g/mol. The van der Waals surface area contributed by atoms with Gasteiger partial charge in [0.05, 0.1) is 0 Å². The van der Waals surface area contributed by atoms with E-state index in [0.717, 1.165) is 11.6 Å². The molecule has 0 radical (unpaired) electrons. The molecule has 0 aliphatic rings. The molecule has 2 aromatic rings. The average Bonchev–Trinajstić information content (AvgIpc) is 2.55. The molecule has 0 aliphatic heterocycles. The van der Waals surface area contributed by atoms with E-state index in [9.17, 15) is 18.3 Å². The fourth-order valence-corrected chi connectivity index (χ4v) is 2.47. The molecule has 1 aromatic heterocycles. The van der Waals surface area contributed by atoms with Gasteiger partial charge in [-0.05, 0) is 23.1 Å². The minimum atomic E-state index is -4.42. The zero-order valence-corrected chi connectivity index (χ0v) is 13.5. The lowest BCUT2D eigenvalue weighted by atomic mass is 10.1. The van der Waals surface area contributed by atoms with Crippen LogP contribution in [0, 0.1) is 5.92 Å². The zero-order chi connectivity index (χ0) is 17.6. The number of nitrogens with zero attached hydrogens (tertiary/aromatic N) is 2. The Morgan fingerprint density at radius 2 is 1.71 bits per heavy atom. The van der Waals surface area contributed by atoms with Crippen LogP contribution in [0.2, 0.25) is 0 Å². The lowest BCUT2D eigenvalue weighted by Crippen LogP contribution is -2.29. The molecule has 130 valence electrons. The summed E-state index contributed by atoms with van der Waals surface area (Å²) >= 11 is 0. The molecule has 2 rings (SSSR count). The number of pyridine rings is 1. The Hall–Kier alpha value is -1.92. The molecule has 0 spiro atoms. The maximum Gasteiger partial charge on any atom is 0.433 e. The fourth-order valence-electron chi connectivity index (χ4n) is 2.47. The minimum Gasteiger partial charge on any atom is -0.396 e. The number of rotatable bonds is 7. The Morgan fingerprint density at radius 1 is 1.04 bits per heavy atom. The highest BCUT2D eigenvalue weighted by Gasteiger charge is 2.32. The first-order chi connectivity index (χ1) is 11.4. The van der Waals surface area contributed by atoms with Gasteiger partial charge in [0.25, 0.3) is 0 Å². The van der Waals surface area contributed by atoms with E-state index in [1.807, 2.05) is 37.3 Å². The van der Waals surface area contributed by atoms with Gasteiger partial charge >= 0.3 is 6.18 Å². The molecule has 1 heterocycles. The van der Waals surface area contributed by atoms with Crippen LogP contribution in [0.15, 0.2) is 48.7 Å². The number of hydrogen-bond acceptors (Lipinski definition) is 3. The van der Waals surface area contributed by atoms with Gasteiger partial charge in [0, 0.05) is 32.4 Å². The van der Waals surface area contributed by atoms with Gasteiger partial charge in [0.15, 0.2) is 0 Å². The van der Waals surface area contributed by atoms with E-state index in [1.165, 1.54) is 12.3 Å². The van der Waals surface area contributed by atoms with Crippen LogP contribution in [0.4, 0.5) is 13.2 Å². The molecule has 24 heavy (non-hydrogen) atoms. The van der Waals surface area contributed by atoms with Crippen molar-refractivity contribution in [1.82, 2.24) is 9.88 Å². The summed E-state index contributed by atoms with van der Waals surface area (Å²) in [6.45, 7) is 3.78. The smallest absolute Gasteiger partial charge is 0.396 e.